The standard InChI is InChI=1S/C7H16N2O/c1-7(2,3)8-6(10)9(4)5/h1-5H3,(H,8,10). The zero-order chi connectivity index (χ0) is 8.36. The predicted molar refractivity (Wildman–Crippen MR) is 42.0 cm³/mol. The monoisotopic (exact) mass is 144 g/mol. The van der Waals surface area contributed by atoms with Gasteiger partial charge in [-0.1, -0.05) is 0 Å². The van der Waals surface area contributed by atoms with Crippen LogP contribution in [-0.2, 0) is 0 Å². The summed E-state index contributed by atoms with van der Waals surface area (Å²) in [6.07, 6.45) is 0. The largest absolute Gasteiger partial charge is 0.333 e. The fourth-order valence-electron chi connectivity index (χ4n) is 0.433. The Morgan fingerprint density at radius 1 is 1.30 bits per heavy atom. The molecule has 0 spiro atoms. The van der Waals surface area contributed by atoms with Crippen LogP contribution in [0.4, 0.5) is 4.79 Å². The van der Waals surface area contributed by atoms with Gasteiger partial charge in [0.25, 0.3) is 0 Å². The molecule has 0 aromatic rings. The van der Waals surface area contributed by atoms with E-state index in [-0.39, 0.29) is 11.6 Å². The number of nitrogens with one attached hydrogen (secondary N) is 1. The zero-order valence-electron chi connectivity index (χ0n) is 7.36. The van der Waals surface area contributed by atoms with Gasteiger partial charge in [-0.25, -0.2) is 4.79 Å². The number of hydrogen-bond donors (Lipinski definition) is 1. The van der Waals surface area contributed by atoms with Gasteiger partial charge in [-0.2, -0.15) is 0 Å². The van der Waals surface area contributed by atoms with Crippen LogP contribution in [0.2, 0.25) is 0 Å². The quantitative estimate of drug-likeness (QED) is 0.541. The highest BCUT2D eigenvalue weighted by atomic mass is 16.2. The number of hydrogen-bond acceptors (Lipinski definition) is 1. The van der Waals surface area contributed by atoms with E-state index in [4.69, 9.17) is 0 Å². The molecule has 0 saturated heterocycles. The maximum atomic E-state index is 11.0. The summed E-state index contributed by atoms with van der Waals surface area (Å²) in [7, 11) is 3.45. The van der Waals surface area contributed by atoms with Crippen molar-refractivity contribution in [2.24, 2.45) is 0 Å². The third-order valence-corrected chi connectivity index (χ3v) is 0.888. The van der Waals surface area contributed by atoms with E-state index < -0.39 is 0 Å². The van der Waals surface area contributed by atoms with E-state index in [1.54, 1.807) is 14.1 Å². The van der Waals surface area contributed by atoms with Crippen LogP contribution in [-0.4, -0.2) is 30.6 Å². The van der Waals surface area contributed by atoms with Crippen LogP contribution in [0.3, 0.4) is 0 Å². The first-order chi connectivity index (χ1) is 4.33. The molecule has 2 amide bonds. The molecular formula is C7H16N2O. The van der Waals surface area contributed by atoms with E-state index in [0.29, 0.717) is 0 Å². The Kier molecular flexibility index (Phi) is 2.69. The number of carbonyl (C=O) groups excluding carboxylic acids is 1. The Morgan fingerprint density at radius 3 is 1.80 bits per heavy atom. The van der Waals surface area contributed by atoms with Crippen molar-refractivity contribution < 1.29 is 4.79 Å². The van der Waals surface area contributed by atoms with Crippen molar-refractivity contribution in [1.29, 1.82) is 0 Å². The van der Waals surface area contributed by atoms with Crippen LogP contribution < -0.4 is 5.32 Å². The summed E-state index contributed by atoms with van der Waals surface area (Å²) in [6, 6.07) is -0.0486. The molecule has 0 saturated carbocycles. The lowest BCUT2D eigenvalue weighted by atomic mass is 10.1. The highest BCUT2D eigenvalue weighted by molar-refractivity contribution is 5.74. The molecule has 0 fully saturated rings. The molecule has 0 heterocycles. The smallest absolute Gasteiger partial charge is 0.317 e. The highest BCUT2D eigenvalue weighted by Crippen LogP contribution is 1.98. The Hall–Kier alpha value is -0.730. The molecule has 0 aliphatic rings. The average molecular weight is 144 g/mol. The summed E-state index contributed by atoms with van der Waals surface area (Å²) in [6.45, 7) is 5.86. The molecule has 0 aromatic heterocycles. The molecule has 10 heavy (non-hydrogen) atoms. The number of nitrogens with zero attached hydrogens (tertiary/aromatic N) is 1. The zero-order valence-corrected chi connectivity index (χ0v) is 7.36. The number of carbonyl (C=O) groups is 1. The van der Waals surface area contributed by atoms with Crippen LogP contribution in [0.15, 0.2) is 0 Å². The van der Waals surface area contributed by atoms with Gasteiger partial charge >= 0.3 is 6.03 Å². The minimum absolute atomic E-state index is 0.0486. The number of urea groups is 1. The van der Waals surface area contributed by atoms with Gasteiger partial charge in [-0.15, -0.1) is 0 Å². The van der Waals surface area contributed by atoms with E-state index in [9.17, 15) is 4.79 Å². The van der Waals surface area contributed by atoms with E-state index in [0.717, 1.165) is 0 Å². The van der Waals surface area contributed by atoms with E-state index >= 15 is 0 Å². The predicted octanol–water partition coefficient (Wildman–Crippen LogP) is 1.06. The van der Waals surface area contributed by atoms with Crippen LogP contribution in [0.5, 0.6) is 0 Å². The Labute approximate surface area is 62.4 Å². The molecule has 3 heteroatoms. The van der Waals surface area contributed by atoms with Gasteiger partial charge in [0.05, 0.1) is 0 Å². The van der Waals surface area contributed by atoms with Gasteiger partial charge in [0.1, 0.15) is 0 Å². The molecule has 0 bridgehead atoms. The number of amides is 2. The SMILES string of the molecule is CN(C)C(=O)NC(C)(C)C. The molecule has 1 N–H and O–H groups in total. The van der Waals surface area contributed by atoms with Gasteiger partial charge < -0.3 is 10.2 Å². The number of rotatable bonds is 0. The van der Waals surface area contributed by atoms with Crippen molar-refractivity contribution in [3.05, 3.63) is 0 Å². The van der Waals surface area contributed by atoms with E-state index in [2.05, 4.69) is 5.32 Å². The van der Waals surface area contributed by atoms with Crippen molar-refractivity contribution in [2.45, 2.75) is 26.3 Å². The molecule has 0 unspecified atom stereocenters. The highest BCUT2D eigenvalue weighted by Gasteiger charge is 2.13. The van der Waals surface area contributed by atoms with Crippen LogP contribution >= 0.6 is 0 Å². The summed E-state index contributed by atoms with van der Waals surface area (Å²) in [5.41, 5.74) is -0.138. The lowest BCUT2D eigenvalue weighted by Gasteiger charge is -2.23. The molecular weight excluding hydrogens is 128 g/mol. The second-order valence-corrected chi connectivity index (χ2v) is 3.57. The third kappa shape index (κ3) is 4.18. The third-order valence-electron chi connectivity index (χ3n) is 0.888. The maximum Gasteiger partial charge on any atom is 0.317 e. The second kappa shape index (κ2) is 2.90. The van der Waals surface area contributed by atoms with E-state index in [1.807, 2.05) is 20.8 Å². The van der Waals surface area contributed by atoms with Crippen LogP contribution in [0.1, 0.15) is 20.8 Å². The van der Waals surface area contributed by atoms with Gasteiger partial charge in [-0.05, 0) is 20.8 Å². The van der Waals surface area contributed by atoms with Crippen molar-refractivity contribution in [1.82, 2.24) is 10.2 Å². The molecule has 0 aliphatic heterocycles. The minimum atomic E-state index is -0.138. The van der Waals surface area contributed by atoms with Crippen molar-refractivity contribution >= 4 is 6.03 Å². The van der Waals surface area contributed by atoms with Crippen molar-refractivity contribution in [2.75, 3.05) is 14.1 Å². The van der Waals surface area contributed by atoms with Crippen molar-refractivity contribution in [3.63, 3.8) is 0 Å². The lowest BCUT2D eigenvalue weighted by Crippen LogP contribution is -2.45. The Balaban J connectivity index is 3.81. The lowest BCUT2D eigenvalue weighted by molar-refractivity contribution is 0.208. The molecule has 0 aliphatic carbocycles. The average Bonchev–Trinajstić information content (AvgIpc) is 1.60. The summed E-state index contributed by atoms with van der Waals surface area (Å²) < 4.78 is 0. The van der Waals surface area contributed by atoms with Gasteiger partial charge in [0.2, 0.25) is 0 Å². The molecule has 0 radical (unpaired) electrons. The van der Waals surface area contributed by atoms with Gasteiger partial charge in [0, 0.05) is 19.6 Å². The summed E-state index contributed by atoms with van der Waals surface area (Å²) in [4.78, 5) is 12.5. The Morgan fingerprint density at radius 2 is 1.70 bits per heavy atom. The Bertz CT molecular complexity index is 124. The van der Waals surface area contributed by atoms with Gasteiger partial charge in [0.15, 0.2) is 0 Å². The second-order valence-electron chi connectivity index (χ2n) is 3.57. The molecule has 0 rings (SSSR count). The fourth-order valence-corrected chi connectivity index (χ4v) is 0.433. The topological polar surface area (TPSA) is 32.3 Å². The van der Waals surface area contributed by atoms with Crippen LogP contribution in [0.25, 0.3) is 0 Å². The summed E-state index contributed by atoms with van der Waals surface area (Å²) in [5.74, 6) is 0. The van der Waals surface area contributed by atoms with E-state index in [1.165, 1.54) is 4.90 Å². The molecule has 3 nitrogen and oxygen atoms in total. The van der Waals surface area contributed by atoms with Crippen LogP contribution in [0, 0.1) is 0 Å². The normalized spacial score (nSPS) is 10.9. The first-order valence-electron chi connectivity index (χ1n) is 3.32. The van der Waals surface area contributed by atoms with Crippen molar-refractivity contribution in [3.8, 4) is 0 Å². The maximum absolute atomic E-state index is 11.0. The first kappa shape index (κ1) is 9.27. The summed E-state index contributed by atoms with van der Waals surface area (Å²) in [5, 5.41) is 2.81. The minimum Gasteiger partial charge on any atom is -0.333 e. The summed E-state index contributed by atoms with van der Waals surface area (Å²) >= 11 is 0. The van der Waals surface area contributed by atoms with Gasteiger partial charge in [-0.3, -0.25) is 0 Å². The first-order valence-corrected chi connectivity index (χ1v) is 3.32. The fraction of sp³-hybridized carbons (Fsp3) is 0.857. The molecule has 60 valence electrons. The molecule has 0 atom stereocenters. The molecule has 0 aromatic carbocycles.